The maximum absolute atomic E-state index is 12.6. The van der Waals surface area contributed by atoms with Crippen LogP contribution in [0.15, 0.2) is 65.8 Å². The van der Waals surface area contributed by atoms with Crippen molar-refractivity contribution in [3.63, 3.8) is 0 Å². The van der Waals surface area contributed by atoms with Crippen LogP contribution in [0, 0.1) is 0 Å². The number of ether oxygens (including phenoxy) is 2. The van der Waals surface area contributed by atoms with Crippen molar-refractivity contribution in [3.8, 4) is 22.6 Å². The number of para-hydroxylation sites is 2. The summed E-state index contributed by atoms with van der Waals surface area (Å²) in [4.78, 5) is 29.0. The average Bonchev–Trinajstić information content (AvgIpc) is 2.71. The van der Waals surface area contributed by atoms with Crippen molar-refractivity contribution in [3.05, 3.63) is 71.4 Å². The van der Waals surface area contributed by atoms with Crippen molar-refractivity contribution in [2.75, 3.05) is 11.9 Å². The van der Waals surface area contributed by atoms with Gasteiger partial charge in [-0.2, -0.15) is 0 Å². The molecule has 1 atom stereocenters. The van der Waals surface area contributed by atoms with Gasteiger partial charge >= 0.3 is 0 Å². The van der Waals surface area contributed by atoms with E-state index < -0.39 is 12.0 Å². The van der Waals surface area contributed by atoms with Gasteiger partial charge in [0.1, 0.15) is 12.3 Å². The quantitative estimate of drug-likeness (QED) is 0.772. The number of nitrogens with zero attached hydrogens (tertiary/aromatic N) is 2. The molecule has 1 amide bonds. The van der Waals surface area contributed by atoms with Gasteiger partial charge in [-0.3, -0.25) is 14.6 Å². The SMILES string of the molecule is Cn1cc(-c2ccncc2)cc(NC(=O)[C@H]2COc3ccccc3O2)c1=O. The van der Waals surface area contributed by atoms with Gasteiger partial charge in [-0.25, -0.2) is 0 Å². The zero-order valence-corrected chi connectivity index (χ0v) is 14.6. The molecule has 0 radical (unpaired) electrons. The van der Waals surface area contributed by atoms with Crippen LogP contribution in [0.5, 0.6) is 11.5 Å². The van der Waals surface area contributed by atoms with Gasteiger partial charge < -0.3 is 19.4 Å². The lowest BCUT2D eigenvalue weighted by molar-refractivity contribution is -0.125. The number of carbonyl (C=O) groups is 1. The molecule has 0 saturated carbocycles. The Labute approximate surface area is 155 Å². The third kappa shape index (κ3) is 3.39. The summed E-state index contributed by atoms with van der Waals surface area (Å²) in [7, 11) is 1.64. The van der Waals surface area contributed by atoms with Crippen molar-refractivity contribution >= 4 is 11.6 Å². The predicted octanol–water partition coefficient (Wildman–Crippen LogP) is 2.23. The molecule has 0 unspecified atom stereocenters. The zero-order valence-electron chi connectivity index (χ0n) is 14.6. The van der Waals surface area contributed by atoms with Crippen molar-refractivity contribution < 1.29 is 14.3 Å². The minimum Gasteiger partial charge on any atom is -0.485 e. The third-order valence-electron chi connectivity index (χ3n) is 4.26. The molecule has 2 aromatic heterocycles. The van der Waals surface area contributed by atoms with Crippen LogP contribution in [-0.4, -0.2) is 28.2 Å². The number of rotatable bonds is 3. The highest BCUT2D eigenvalue weighted by molar-refractivity contribution is 5.95. The highest BCUT2D eigenvalue weighted by Gasteiger charge is 2.28. The number of amides is 1. The number of fused-ring (bicyclic) bond motifs is 1. The lowest BCUT2D eigenvalue weighted by atomic mass is 10.1. The number of aryl methyl sites for hydroxylation is 1. The molecule has 4 rings (SSSR count). The lowest BCUT2D eigenvalue weighted by Crippen LogP contribution is -2.41. The summed E-state index contributed by atoms with van der Waals surface area (Å²) in [6.07, 6.45) is 4.21. The number of nitrogens with one attached hydrogen (secondary N) is 1. The molecule has 1 aliphatic rings. The van der Waals surface area contributed by atoms with Gasteiger partial charge in [0.25, 0.3) is 11.5 Å². The van der Waals surface area contributed by atoms with E-state index in [9.17, 15) is 9.59 Å². The summed E-state index contributed by atoms with van der Waals surface area (Å²) in [5.74, 6) is 0.660. The smallest absolute Gasteiger partial charge is 0.274 e. The molecule has 0 bridgehead atoms. The van der Waals surface area contributed by atoms with Crippen molar-refractivity contribution in [1.82, 2.24) is 9.55 Å². The van der Waals surface area contributed by atoms with Crippen molar-refractivity contribution in [2.24, 2.45) is 7.05 Å². The first kappa shape index (κ1) is 16.8. The second-order valence-corrected chi connectivity index (χ2v) is 6.15. The summed E-state index contributed by atoms with van der Waals surface area (Å²) in [6, 6.07) is 12.5. The summed E-state index contributed by atoms with van der Waals surface area (Å²) in [5, 5.41) is 2.67. The van der Waals surface area contributed by atoms with E-state index >= 15 is 0 Å². The standard InChI is InChI=1S/C20H17N3O4/c1-23-11-14(13-6-8-21-9-7-13)10-15(20(23)25)22-19(24)18-12-26-16-4-2-3-5-17(16)27-18/h2-11,18H,12H2,1H3,(H,22,24)/t18-/m1/s1. The van der Waals surface area contributed by atoms with Gasteiger partial charge in [0.15, 0.2) is 11.5 Å². The third-order valence-corrected chi connectivity index (χ3v) is 4.26. The zero-order chi connectivity index (χ0) is 18.8. The Morgan fingerprint density at radius 2 is 1.89 bits per heavy atom. The number of benzene rings is 1. The minimum absolute atomic E-state index is 0.0766. The Morgan fingerprint density at radius 3 is 2.67 bits per heavy atom. The first-order chi connectivity index (χ1) is 13.1. The molecule has 1 aromatic carbocycles. The second-order valence-electron chi connectivity index (χ2n) is 6.15. The van der Waals surface area contributed by atoms with Crippen LogP contribution in [0.4, 0.5) is 5.69 Å². The summed E-state index contributed by atoms with van der Waals surface area (Å²) >= 11 is 0. The van der Waals surface area contributed by atoms with E-state index in [2.05, 4.69) is 10.3 Å². The van der Waals surface area contributed by atoms with E-state index in [1.54, 1.807) is 49.9 Å². The highest BCUT2D eigenvalue weighted by atomic mass is 16.6. The number of hydrogen-bond donors (Lipinski definition) is 1. The number of carbonyl (C=O) groups excluding carboxylic acids is 1. The first-order valence-electron chi connectivity index (χ1n) is 8.42. The maximum Gasteiger partial charge on any atom is 0.274 e. The van der Waals surface area contributed by atoms with Gasteiger partial charge in [0.05, 0.1) is 0 Å². The Bertz CT molecular complexity index is 1050. The molecular formula is C20H17N3O4. The molecule has 3 heterocycles. The molecular weight excluding hydrogens is 346 g/mol. The Hall–Kier alpha value is -3.61. The van der Waals surface area contributed by atoms with E-state index in [0.29, 0.717) is 11.5 Å². The molecule has 7 nitrogen and oxygen atoms in total. The van der Waals surface area contributed by atoms with Gasteiger partial charge in [0.2, 0.25) is 6.10 Å². The number of hydrogen-bond acceptors (Lipinski definition) is 5. The molecule has 7 heteroatoms. The second kappa shape index (κ2) is 6.95. The highest BCUT2D eigenvalue weighted by Crippen LogP contribution is 2.31. The van der Waals surface area contributed by atoms with Crippen LogP contribution in [-0.2, 0) is 11.8 Å². The fourth-order valence-electron chi connectivity index (χ4n) is 2.87. The van der Waals surface area contributed by atoms with E-state index in [4.69, 9.17) is 9.47 Å². The van der Waals surface area contributed by atoms with Crippen LogP contribution < -0.4 is 20.3 Å². The molecule has 3 aromatic rings. The minimum atomic E-state index is -0.839. The van der Waals surface area contributed by atoms with Crippen molar-refractivity contribution in [1.29, 1.82) is 0 Å². The average molecular weight is 363 g/mol. The Morgan fingerprint density at radius 1 is 1.15 bits per heavy atom. The van der Waals surface area contributed by atoms with Gasteiger partial charge in [0, 0.05) is 31.2 Å². The molecule has 1 N–H and O–H groups in total. The van der Waals surface area contributed by atoms with Crippen LogP contribution in [0.25, 0.3) is 11.1 Å². The van der Waals surface area contributed by atoms with E-state index in [1.165, 1.54) is 4.57 Å². The largest absolute Gasteiger partial charge is 0.485 e. The number of anilines is 1. The Kier molecular flexibility index (Phi) is 4.33. The lowest BCUT2D eigenvalue weighted by Gasteiger charge is -2.25. The normalized spacial score (nSPS) is 15.2. The number of aromatic nitrogens is 2. The van der Waals surface area contributed by atoms with Gasteiger partial charge in [-0.05, 0) is 35.9 Å². The maximum atomic E-state index is 12.6. The van der Waals surface area contributed by atoms with E-state index in [-0.39, 0.29) is 17.9 Å². The molecule has 27 heavy (non-hydrogen) atoms. The monoisotopic (exact) mass is 363 g/mol. The fraction of sp³-hybridized carbons (Fsp3) is 0.150. The van der Waals surface area contributed by atoms with Gasteiger partial charge in [-0.1, -0.05) is 12.1 Å². The molecule has 0 aliphatic carbocycles. The molecule has 1 aliphatic heterocycles. The fourth-order valence-corrected chi connectivity index (χ4v) is 2.87. The van der Waals surface area contributed by atoms with E-state index in [0.717, 1.165) is 11.1 Å². The molecule has 0 spiro atoms. The van der Waals surface area contributed by atoms with Crippen LogP contribution in [0.1, 0.15) is 0 Å². The summed E-state index contributed by atoms with van der Waals surface area (Å²) in [6.45, 7) is 0.0766. The first-order valence-corrected chi connectivity index (χ1v) is 8.42. The summed E-state index contributed by atoms with van der Waals surface area (Å²) in [5.41, 5.74) is 1.56. The van der Waals surface area contributed by atoms with E-state index in [1.807, 2.05) is 18.2 Å². The predicted molar refractivity (Wildman–Crippen MR) is 99.9 cm³/mol. The van der Waals surface area contributed by atoms with Gasteiger partial charge in [-0.15, -0.1) is 0 Å². The van der Waals surface area contributed by atoms with Crippen LogP contribution in [0.2, 0.25) is 0 Å². The molecule has 136 valence electrons. The molecule has 0 fully saturated rings. The Balaban J connectivity index is 1.58. The number of pyridine rings is 2. The van der Waals surface area contributed by atoms with Crippen LogP contribution in [0.3, 0.4) is 0 Å². The molecule has 0 saturated heterocycles. The van der Waals surface area contributed by atoms with Crippen LogP contribution >= 0.6 is 0 Å². The topological polar surface area (TPSA) is 82.5 Å². The summed E-state index contributed by atoms with van der Waals surface area (Å²) < 4.78 is 12.7. The van der Waals surface area contributed by atoms with Crippen molar-refractivity contribution in [2.45, 2.75) is 6.10 Å².